The van der Waals surface area contributed by atoms with E-state index in [1.807, 2.05) is 25.1 Å². The third-order valence-corrected chi connectivity index (χ3v) is 6.16. The number of nitrogens with one attached hydrogen (secondary N) is 1. The minimum atomic E-state index is -0.485. The highest BCUT2D eigenvalue weighted by Gasteiger charge is 2.20. The standard InChI is InChI=1S/C24H31N5O3/c1-3-5-12-27-16-25-22-21(27)23(31)29(24(32)28(22)13-6-4-2)15-20(30)26-19-11-10-17-8-7-9-18(17)14-19/h10-11,14,16H,3-9,12-13,15H2,1-2H3,(H,26,30). The van der Waals surface area contributed by atoms with Crippen LogP contribution in [0.15, 0.2) is 34.1 Å². The van der Waals surface area contributed by atoms with Gasteiger partial charge in [-0.15, -0.1) is 0 Å². The summed E-state index contributed by atoms with van der Waals surface area (Å²) in [6, 6.07) is 5.92. The summed E-state index contributed by atoms with van der Waals surface area (Å²) in [7, 11) is 0. The van der Waals surface area contributed by atoms with Crippen LogP contribution in [0, 0.1) is 0 Å². The van der Waals surface area contributed by atoms with Crippen LogP contribution in [0.5, 0.6) is 0 Å². The number of nitrogens with zero attached hydrogens (tertiary/aromatic N) is 4. The molecular formula is C24H31N5O3. The summed E-state index contributed by atoms with van der Waals surface area (Å²) in [6.45, 7) is 4.91. The number of carbonyl (C=O) groups is 1. The van der Waals surface area contributed by atoms with Crippen molar-refractivity contribution in [2.45, 2.75) is 78.4 Å². The summed E-state index contributed by atoms with van der Waals surface area (Å²) in [6.07, 6.45) is 8.41. The number of hydrogen-bond donors (Lipinski definition) is 1. The molecule has 170 valence electrons. The fourth-order valence-corrected chi connectivity index (χ4v) is 4.39. The van der Waals surface area contributed by atoms with Crippen molar-refractivity contribution in [1.82, 2.24) is 18.7 Å². The van der Waals surface area contributed by atoms with Crippen LogP contribution in [0.25, 0.3) is 11.2 Å². The molecule has 8 heteroatoms. The molecule has 1 amide bonds. The van der Waals surface area contributed by atoms with E-state index in [0.29, 0.717) is 29.9 Å². The average molecular weight is 438 g/mol. The highest BCUT2D eigenvalue weighted by atomic mass is 16.2. The van der Waals surface area contributed by atoms with Crippen molar-refractivity contribution in [3.63, 3.8) is 0 Å². The zero-order valence-electron chi connectivity index (χ0n) is 18.9. The number of fused-ring (bicyclic) bond motifs is 2. The van der Waals surface area contributed by atoms with Gasteiger partial charge in [0.15, 0.2) is 11.2 Å². The summed E-state index contributed by atoms with van der Waals surface area (Å²) in [5.41, 5.74) is 3.12. The fraction of sp³-hybridized carbons (Fsp3) is 0.500. The van der Waals surface area contributed by atoms with Crippen LogP contribution in [0.3, 0.4) is 0 Å². The van der Waals surface area contributed by atoms with Crippen molar-refractivity contribution in [3.05, 3.63) is 56.5 Å². The molecule has 0 saturated carbocycles. The number of anilines is 1. The minimum Gasteiger partial charge on any atom is -0.325 e. The van der Waals surface area contributed by atoms with Crippen molar-refractivity contribution < 1.29 is 4.79 Å². The third kappa shape index (κ3) is 4.26. The van der Waals surface area contributed by atoms with Gasteiger partial charge in [-0.3, -0.25) is 14.2 Å². The first kappa shape index (κ1) is 22.0. The number of hydrogen-bond acceptors (Lipinski definition) is 4. The smallest absolute Gasteiger partial charge is 0.325 e. The van der Waals surface area contributed by atoms with E-state index in [0.717, 1.165) is 49.5 Å². The zero-order chi connectivity index (χ0) is 22.7. The van der Waals surface area contributed by atoms with E-state index in [1.165, 1.54) is 15.7 Å². The summed E-state index contributed by atoms with van der Waals surface area (Å²) < 4.78 is 4.38. The topological polar surface area (TPSA) is 90.9 Å². The quantitative estimate of drug-likeness (QED) is 0.557. The lowest BCUT2D eigenvalue weighted by Gasteiger charge is -2.13. The molecule has 1 N–H and O–H groups in total. The first-order valence-corrected chi connectivity index (χ1v) is 11.6. The van der Waals surface area contributed by atoms with Crippen LogP contribution in [-0.2, 0) is 37.3 Å². The molecule has 4 rings (SSSR count). The molecule has 0 aliphatic heterocycles. The normalized spacial score (nSPS) is 12.9. The summed E-state index contributed by atoms with van der Waals surface area (Å²) in [5.74, 6) is -0.386. The molecule has 0 atom stereocenters. The molecule has 1 aromatic carbocycles. The minimum absolute atomic E-state index is 0.324. The van der Waals surface area contributed by atoms with Crippen molar-refractivity contribution in [1.29, 1.82) is 0 Å². The molecule has 1 aliphatic carbocycles. The number of unbranched alkanes of at least 4 members (excludes halogenated alkanes) is 2. The predicted molar refractivity (Wildman–Crippen MR) is 125 cm³/mol. The van der Waals surface area contributed by atoms with E-state index in [4.69, 9.17) is 0 Å². The van der Waals surface area contributed by atoms with Crippen molar-refractivity contribution in [2.75, 3.05) is 5.32 Å². The van der Waals surface area contributed by atoms with E-state index in [1.54, 1.807) is 10.9 Å². The fourth-order valence-electron chi connectivity index (χ4n) is 4.39. The number of benzene rings is 1. The lowest BCUT2D eigenvalue weighted by atomic mass is 10.1. The van der Waals surface area contributed by atoms with Crippen molar-refractivity contribution in [3.8, 4) is 0 Å². The molecule has 0 bridgehead atoms. The van der Waals surface area contributed by atoms with Crippen LogP contribution < -0.4 is 16.6 Å². The lowest BCUT2D eigenvalue weighted by molar-refractivity contribution is -0.116. The largest absolute Gasteiger partial charge is 0.333 e. The Kier molecular flexibility index (Phi) is 6.58. The van der Waals surface area contributed by atoms with Gasteiger partial charge in [0.2, 0.25) is 5.91 Å². The number of rotatable bonds is 9. The maximum atomic E-state index is 13.3. The first-order chi connectivity index (χ1) is 15.5. The number of aromatic nitrogens is 4. The van der Waals surface area contributed by atoms with Gasteiger partial charge >= 0.3 is 5.69 Å². The Morgan fingerprint density at radius 1 is 1.03 bits per heavy atom. The van der Waals surface area contributed by atoms with Gasteiger partial charge in [-0.1, -0.05) is 32.8 Å². The molecular weight excluding hydrogens is 406 g/mol. The Hall–Kier alpha value is -3.16. The number of imidazole rings is 1. The molecule has 0 fully saturated rings. The predicted octanol–water partition coefficient (Wildman–Crippen LogP) is 3.09. The van der Waals surface area contributed by atoms with Crippen molar-refractivity contribution >= 4 is 22.8 Å². The van der Waals surface area contributed by atoms with Crippen LogP contribution in [0.4, 0.5) is 5.69 Å². The molecule has 2 aromatic heterocycles. The first-order valence-electron chi connectivity index (χ1n) is 11.6. The van der Waals surface area contributed by atoms with E-state index >= 15 is 0 Å². The van der Waals surface area contributed by atoms with Crippen LogP contribution >= 0.6 is 0 Å². The van der Waals surface area contributed by atoms with Gasteiger partial charge in [0.1, 0.15) is 6.54 Å². The van der Waals surface area contributed by atoms with Gasteiger partial charge in [-0.2, -0.15) is 0 Å². The molecule has 2 heterocycles. The number of amides is 1. The molecule has 32 heavy (non-hydrogen) atoms. The van der Waals surface area contributed by atoms with E-state index in [2.05, 4.69) is 17.2 Å². The van der Waals surface area contributed by atoms with Gasteiger partial charge in [0.05, 0.1) is 6.33 Å². The number of aryl methyl sites for hydroxylation is 4. The Morgan fingerprint density at radius 3 is 2.56 bits per heavy atom. The van der Waals surface area contributed by atoms with Gasteiger partial charge in [0.25, 0.3) is 5.56 Å². The maximum Gasteiger partial charge on any atom is 0.333 e. The summed E-state index contributed by atoms with van der Waals surface area (Å²) in [4.78, 5) is 43.6. The Labute approximate surface area is 186 Å². The molecule has 0 saturated heterocycles. The molecule has 8 nitrogen and oxygen atoms in total. The molecule has 0 radical (unpaired) electrons. The lowest BCUT2D eigenvalue weighted by Crippen LogP contribution is -2.43. The van der Waals surface area contributed by atoms with E-state index < -0.39 is 11.2 Å². The summed E-state index contributed by atoms with van der Waals surface area (Å²) >= 11 is 0. The monoisotopic (exact) mass is 437 g/mol. The second-order valence-corrected chi connectivity index (χ2v) is 8.53. The highest BCUT2D eigenvalue weighted by molar-refractivity contribution is 5.90. The van der Waals surface area contributed by atoms with Gasteiger partial charge < -0.3 is 9.88 Å². The van der Waals surface area contributed by atoms with Gasteiger partial charge in [-0.25, -0.2) is 14.3 Å². The second kappa shape index (κ2) is 9.54. The highest BCUT2D eigenvalue weighted by Crippen LogP contribution is 2.24. The summed E-state index contributed by atoms with van der Waals surface area (Å²) in [5, 5.41) is 2.86. The zero-order valence-corrected chi connectivity index (χ0v) is 18.9. The molecule has 1 aliphatic rings. The second-order valence-electron chi connectivity index (χ2n) is 8.53. The van der Waals surface area contributed by atoms with Crippen LogP contribution in [-0.4, -0.2) is 24.6 Å². The van der Waals surface area contributed by atoms with Gasteiger partial charge in [-0.05, 0) is 55.4 Å². The Balaban J connectivity index is 1.68. The molecule has 0 unspecified atom stereocenters. The van der Waals surface area contributed by atoms with Crippen molar-refractivity contribution in [2.24, 2.45) is 0 Å². The van der Waals surface area contributed by atoms with E-state index in [-0.39, 0.29) is 12.5 Å². The maximum absolute atomic E-state index is 13.3. The Morgan fingerprint density at radius 2 is 1.78 bits per heavy atom. The average Bonchev–Trinajstić information content (AvgIpc) is 3.42. The third-order valence-electron chi connectivity index (χ3n) is 6.16. The SMILES string of the molecule is CCCCn1cnc2c1c(=O)n(CC(=O)Nc1ccc3c(c1)CCC3)c(=O)n2CCCC. The molecule has 3 aromatic rings. The van der Waals surface area contributed by atoms with E-state index in [9.17, 15) is 14.4 Å². The van der Waals surface area contributed by atoms with Crippen LogP contribution in [0.1, 0.15) is 57.1 Å². The molecule has 0 spiro atoms. The Bertz CT molecular complexity index is 1250. The van der Waals surface area contributed by atoms with Crippen LogP contribution in [0.2, 0.25) is 0 Å². The van der Waals surface area contributed by atoms with Gasteiger partial charge in [0, 0.05) is 18.8 Å². The number of carbonyl (C=O) groups excluding carboxylic acids is 1.